The van der Waals surface area contributed by atoms with Gasteiger partial charge in [-0.15, -0.1) is 0 Å². The molecule has 1 fully saturated rings. The van der Waals surface area contributed by atoms with Crippen LogP contribution in [-0.2, 0) is 11.2 Å². The summed E-state index contributed by atoms with van der Waals surface area (Å²) in [6.07, 6.45) is 5.83. The molecule has 3 atom stereocenters. The third-order valence-electron chi connectivity index (χ3n) is 3.92. The number of rotatable bonds is 1. The minimum Gasteiger partial charge on any atom is -0.381 e. The fourth-order valence-electron chi connectivity index (χ4n) is 3.04. The first-order valence-corrected chi connectivity index (χ1v) is 6.39. The Hall–Kier alpha value is -0.830. The SMILES string of the molecule is CC1Cc2nc(C3CCOC3)cn2C(C)C1. The number of nitrogens with zero attached hydrogens (tertiary/aromatic N) is 2. The Labute approximate surface area is 96.8 Å². The van der Waals surface area contributed by atoms with Crippen LogP contribution in [0, 0.1) is 5.92 Å². The van der Waals surface area contributed by atoms with E-state index in [1.807, 2.05) is 0 Å². The highest BCUT2D eigenvalue weighted by molar-refractivity contribution is 5.14. The van der Waals surface area contributed by atoms with E-state index in [1.54, 1.807) is 0 Å². The Balaban J connectivity index is 1.90. The zero-order valence-electron chi connectivity index (χ0n) is 10.1. The Kier molecular flexibility index (Phi) is 2.51. The summed E-state index contributed by atoms with van der Waals surface area (Å²) in [6.45, 7) is 6.39. The number of imidazole rings is 1. The minimum atomic E-state index is 0.542. The molecule has 3 nitrogen and oxygen atoms in total. The van der Waals surface area contributed by atoms with E-state index in [9.17, 15) is 0 Å². The lowest BCUT2D eigenvalue weighted by Gasteiger charge is -2.26. The molecule has 1 aromatic rings. The zero-order valence-corrected chi connectivity index (χ0v) is 10.1. The van der Waals surface area contributed by atoms with Gasteiger partial charge in [0.2, 0.25) is 0 Å². The van der Waals surface area contributed by atoms with Crippen molar-refractivity contribution in [2.45, 2.75) is 45.1 Å². The first kappa shape index (κ1) is 10.3. The van der Waals surface area contributed by atoms with Gasteiger partial charge in [0.15, 0.2) is 0 Å². The molecule has 0 amide bonds. The van der Waals surface area contributed by atoms with E-state index in [2.05, 4.69) is 24.6 Å². The highest BCUT2D eigenvalue weighted by Gasteiger charge is 2.26. The van der Waals surface area contributed by atoms with Crippen LogP contribution in [0.1, 0.15) is 50.2 Å². The normalized spacial score (nSPS) is 34.0. The van der Waals surface area contributed by atoms with Gasteiger partial charge in [-0.1, -0.05) is 6.92 Å². The maximum Gasteiger partial charge on any atom is 0.109 e. The number of fused-ring (bicyclic) bond motifs is 1. The van der Waals surface area contributed by atoms with Gasteiger partial charge in [0.05, 0.1) is 12.3 Å². The fraction of sp³-hybridized carbons (Fsp3) is 0.769. The molecule has 0 aromatic carbocycles. The van der Waals surface area contributed by atoms with Crippen molar-refractivity contribution in [2.24, 2.45) is 5.92 Å². The highest BCUT2D eigenvalue weighted by atomic mass is 16.5. The van der Waals surface area contributed by atoms with Crippen molar-refractivity contribution in [3.63, 3.8) is 0 Å². The molecule has 3 rings (SSSR count). The van der Waals surface area contributed by atoms with Crippen LogP contribution in [0.5, 0.6) is 0 Å². The van der Waals surface area contributed by atoms with Gasteiger partial charge in [0.25, 0.3) is 0 Å². The average molecular weight is 220 g/mol. The van der Waals surface area contributed by atoms with Gasteiger partial charge in [0.1, 0.15) is 5.82 Å². The largest absolute Gasteiger partial charge is 0.381 e. The predicted molar refractivity (Wildman–Crippen MR) is 62.6 cm³/mol. The summed E-state index contributed by atoms with van der Waals surface area (Å²) in [5.41, 5.74) is 1.26. The van der Waals surface area contributed by atoms with Gasteiger partial charge < -0.3 is 9.30 Å². The first-order valence-electron chi connectivity index (χ1n) is 6.39. The Bertz CT molecular complexity index is 379. The maximum absolute atomic E-state index is 5.44. The standard InChI is InChI=1S/C13H20N2O/c1-9-5-10(2)15-7-12(14-13(15)6-9)11-3-4-16-8-11/h7,9-11H,3-6,8H2,1-2H3. The number of hydrogen-bond acceptors (Lipinski definition) is 2. The maximum atomic E-state index is 5.44. The molecular weight excluding hydrogens is 200 g/mol. The average Bonchev–Trinajstić information content (AvgIpc) is 2.82. The number of aromatic nitrogens is 2. The Morgan fingerprint density at radius 2 is 2.31 bits per heavy atom. The summed E-state index contributed by atoms with van der Waals surface area (Å²) in [6, 6.07) is 0.613. The zero-order chi connectivity index (χ0) is 11.1. The van der Waals surface area contributed by atoms with Crippen LogP contribution in [0.4, 0.5) is 0 Å². The molecule has 3 heterocycles. The number of ether oxygens (including phenoxy) is 1. The van der Waals surface area contributed by atoms with Gasteiger partial charge >= 0.3 is 0 Å². The molecule has 88 valence electrons. The molecule has 2 aliphatic heterocycles. The van der Waals surface area contributed by atoms with E-state index >= 15 is 0 Å². The lowest BCUT2D eigenvalue weighted by Crippen LogP contribution is -2.20. The summed E-state index contributed by atoms with van der Waals surface area (Å²) < 4.78 is 7.82. The Morgan fingerprint density at radius 1 is 1.44 bits per heavy atom. The monoisotopic (exact) mass is 220 g/mol. The lowest BCUT2D eigenvalue weighted by atomic mass is 9.95. The van der Waals surface area contributed by atoms with Crippen LogP contribution in [0.2, 0.25) is 0 Å². The molecule has 16 heavy (non-hydrogen) atoms. The van der Waals surface area contributed by atoms with Crippen LogP contribution in [0.15, 0.2) is 6.20 Å². The molecule has 1 saturated heterocycles. The highest BCUT2D eigenvalue weighted by Crippen LogP contribution is 2.31. The second-order valence-corrected chi connectivity index (χ2v) is 5.44. The van der Waals surface area contributed by atoms with E-state index in [4.69, 9.17) is 9.72 Å². The molecule has 0 N–H and O–H groups in total. The fourth-order valence-corrected chi connectivity index (χ4v) is 3.04. The van der Waals surface area contributed by atoms with Gasteiger partial charge in [-0.25, -0.2) is 4.98 Å². The van der Waals surface area contributed by atoms with Crippen LogP contribution >= 0.6 is 0 Å². The third-order valence-corrected chi connectivity index (χ3v) is 3.92. The topological polar surface area (TPSA) is 27.1 Å². The van der Waals surface area contributed by atoms with E-state index in [0.717, 1.165) is 32.0 Å². The molecule has 0 saturated carbocycles. The quantitative estimate of drug-likeness (QED) is 0.727. The van der Waals surface area contributed by atoms with Crippen molar-refractivity contribution < 1.29 is 4.74 Å². The predicted octanol–water partition coefficient (Wildman–Crippen LogP) is 2.53. The molecule has 0 spiro atoms. The van der Waals surface area contributed by atoms with Crippen molar-refractivity contribution in [2.75, 3.05) is 13.2 Å². The summed E-state index contributed by atoms with van der Waals surface area (Å²) in [7, 11) is 0. The van der Waals surface area contributed by atoms with Gasteiger partial charge in [-0.05, 0) is 25.7 Å². The van der Waals surface area contributed by atoms with Crippen molar-refractivity contribution in [3.8, 4) is 0 Å². The lowest BCUT2D eigenvalue weighted by molar-refractivity contribution is 0.193. The van der Waals surface area contributed by atoms with Crippen molar-refractivity contribution in [1.82, 2.24) is 9.55 Å². The molecule has 0 radical (unpaired) electrons. The molecular formula is C13H20N2O. The molecule has 2 aliphatic rings. The smallest absolute Gasteiger partial charge is 0.109 e. The van der Waals surface area contributed by atoms with Crippen molar-refractivity contribution in [1.29, 1.82) is 0 Å². The van der Waals surface area contributed by atoms with Crippen LogP contribution < -0.4 is 0 Å². The first-order chi connectivity index (χ1) is 7.74. The van der Waals surface area contributed by atoms with Crippen molar-refractivity contribution >= 4 is 0 Å². The summed E-state index contributed by atoms with van der Waals surface area (Å²) >= 11 is 0. The molecule has 0 bridgehead atoms. The summed E-state index contributed by atoms with van der Waals surface area (Å²) in [5, 5.41) is 0. The van der Waals surface area contributed by atoms with Crippen LogP contribution in [0.25, 0.3) is 0 Å². The molecule has 3 heteroatoms. The molecule has 1 aromatic heterocycles. The van der Waals surface area contributed by atoms with Gasteiger partial charge in [-0.3, -0.25) is 0 Å². The van der Waals surface area contributed by atoms with Crippen molar-refractivity contribution in [3.05, 3.63) is 17.7 Å². The summed E-state index contributed by atoms with van der Waals surface area (Å²) in [4.78, 5) is 4.82. The third kappa shape index (κ3) is 1.67. The van der Waals surface area contributed by atoms with Crippen LogP contribution in [0.3, 0.4) is 0 Å². The van der Waals surface area contributed by atoms with E-state index in [0.29, 0.717) is 12.0 Å². The number of hydrogen-bond donors (Lipinski definition) is 0. The van der Waals surface area contributed by atoms with Crippen LogP contribution in [-0.4, -0.2) is 22.8 Å². The van der Waals surface area contributed by atoms with E-state index < -0.39 is 0 Å². The molecule has 0 aliphatic carbocycles. The Morgan fingerprint density at radius 3 is 3.06 bits per heavy atom. The van der Waals surface area contributed by atoms with E-state index in [1.165, 1.54) is 17.9 Å². The minimum absolute atomic E-state index is 0.542. The second-order valence-electron chi connectivity index (χ2n) is 5.44. The molecule has 3 unspecified atom stereocenters. The van der Waals surface area contributed by atoms with E-state index in [-0.39, 0.29) is 0 Å². The van der Waals surface area contributed by atoms with Gasteiger partial charge in [-0.2, -0.15) is 0 Å². The summed E-state index contributed by atoms with van der Waals surface area (Å²) in [5.74, 6) is 2.60. The second kappa shape index (κ2) is 3.88. The van der Waals surface area contributed by atoms with Gasteiger partial charge in [0, 0.05) is 31.2 Å².